The van der Waals surface area contributed by atoms with E-state index in [0.717, 1.165) is 28.5 Å². The summed E-state index contributed by atoms with van der Waals surface area (Å²) in [6, 6.07) is 18.6. The van der Waals surface area contributed by atoms with E-state index in [1.807, 2.05) is 50.2 Å². The van der Waals surface area contributed by atoms with Crippen molar-refractivity contribution in [2.75, 3.05) is 6.54 Å². The number of hydrogen-bond acceptors (Lipinski definition) is 3. The molecule has 1 aliphatic rings. The van der Waals surface area contributed by atoms with E-state index in [2.05, 4.69) is 5.16 Å². The van der Waals surface area contributed by atoms with Crippen molar-refractivity contribution < 1.29 is 18.4 Å². The van der Waals surface area contributed by atoms with Crippen molar-refractivity contribution in [3.63, 3.8) is 0 Å². The second-order valence-corrected chi connectivity index (χ2v) is 8.12. The van der Waals surface area contributed by atoms with Gasteiger partial charge in [-0.05, 0) is 37.6 Å². The van der Waals surface area contributed by atoms with E-state index in [9.17, 15) is 13.6 Å². The lowest BCUT2D eigenvalue weighted by molar-refractivity contribution is 0.0403. The molecule has 0 radical (unpaired) electrons. The maximum Gasteiger partial charge on any atom is 0.254 e. The lowest BCUT2D eigenvalue weighted by atomic mass is 10.0. The maximum atomic E-state index is 14.3. The Hall–Kier alpha value is -3.54. The zero-order chi connectivity index (χ0) is 22.7. The predicted octanol–water partition coefficient (Wildman–Crippen LogP) is 5.42. The van der Waals surface area contributed by atoms with Crippen molar-refractivity contribution >= 4 is 11.6 Å². The molecule has 32 heavy (non-hydrogen) atoms. The number of nitrogens with zero attached hydrogens (tertiary/aromatic N) is 2. The zero-order valence-electron chi connectivity index (χ0n) is 18.0. The Morgan fingerprint density at radius 2 is 1.66 bits per heavy atom. The molecule has 1 heterocycles. The summed E-state index contributed by atoms with van der Waals surface area (Å²) in [6.07, 6.45) is 0.177. The first kappa shape index (κ1) is 21.7. The number of hydrogen-bond donors (Lipinski definition) is 0. The Morgan fingerprint density at radius 3 is 2.31 bits per heavy atom. The Kier molecular flexibility index (Phi) is 6.30. The molecule has 0 spiro atoms. The van der Waals surface area contributed by atoms with Crippen LogP contribution in [0.5, 0.6) is 0 Å². The average Bonchev–Trinajstić information content (AvgIpc) is 3.24. The van der Waals surface area contributed by atoms with Gasteiger partial charge in [-0.15, -0.1) is 0 Å². The number of carbonyl (C=O) groups excluding carboxylic acids is 1. The summed E-state index contributed by atoms with van der Waals surface area (Å²) in [5, 5.41) is 4.20. The van der Waals surface area contributed by atoms with Gasteiger partial charge in [0, 0.05) is 30.2 Å². The lowest BCUT2D eigenvalue weighted by Crippen LogP contribution is -2.37. The average molecular weight is 434 g/mol. The minimum Gasteiger partial charge on any atom is -0.390 e. The Balaban J connectivity index is 1.53. The fourth-order valence-electron chi connectivity index (χ4n) is 3.64. The highest BCUT2D eigenvalue weighted by atomic mass is 19.1. The molecule has 0 aliphatic carbocycles. The SMILES string of the molecule is Cc1ccc(C(=O)N(Cc2ccc(F)cc2F)CC2CC(c3ccc(C)cc3)=NO2)cc1. The van der Waals surface area contributed by atoms with Gasteiger partial charge in [0.2, 0.25) is 0 Å². The highest BCUT2D eigenvalue weighted by Crippen LogP contribution is 2.21. The van der Waals surface area contributed by atoms with Crippen LogP contribution < -0.4 is 0 Å². The summed E-state index contributed by atoms with van der Waals surface area (Å²) in [6.45, 7) is 4.18. The molecule has 0 saturated carbocycles. The molecular weight excluding hydrogens is 410 g/mol. The molecule has 0 saturated heterocycles. The fraction of sp³-hybridized carbons (Fsp3) is 0.231. The number of aryl methyl sites for hydroxylation is 2. The number of carbonyl (C=O) groups is 1. The minimum atomic E-state index is -0.685. The van der Waals surface area contributed by atoms with Crippen LogP contribution in [0, 0.1) is 25.5 Å². The molecule has 4 nitrogen and oxygen atoms in total. The largest absolute Gasteiger partial charge is 0.390 e. The van der Waals surface area contributed by atoms with Gasteiger partial charge >= 0.3 is 0 Å². The molecule has 1 unspecified atom stereocenters. The van der Waals surface area contributed by atoms with Gasteiger partial charge < -0.3 is 9.74 Å². The van der Waals surface area contributed by atoms with Crippen LogP contribution in [0.15, 0.2) is 71.9 Å². The summed E-state index contributed by atoms with van der Waals surface area (Å²) in [5.74, 6) is -1.59. The standard InChI is InChI=1S/C26H24F2N2O2/c1-17-3-7-19(8-4-17)25-14-23(32-29-25)16-30(15-21-11-12-22(27)13-24(21)28)26(31)20-9-5-18(2)6-10-20/h3-13,23H,14-16H2,1-2H3. The predicted molar refractivity (Wildman–Crippen MR) is 119 cm³/mol. The summed E-state index contributed by atoms with van der Waals surface area (Å²) >= 11 is 0. The highest BCUT2D eigenvalue weighted by Gasteiger charge is 2.28. The van der Waals surface area contributed by atoms with E-state index in [1.54, 1.807) is 12.1 Å². The molecule has 3 aromatic rings. The van der Waals surface area contributed by atoms with Gasteiger partial charge in [-0.3, -0.25) is 4.79 Å². The number of halogens is 2. The Bertz CT molecular complexity index is 1140. The van der Waals surface area contributed by atoms with E-state index in [1.165, 1.54) is 17.0 Å². The molecule has 6 heteroatoms. The van der Waals surface area contributed by atoms with Crippen molar-refractivity contribution in [1.82, 2.24) is 4.90 Å². The van der Waals surface area contributed by atoms with Crippen molar-refractivity contribution in [3.05, 3.63) is 106 Å². The molecule has 1 amide bonds. The van der Waals surface area contributed by atoms with Crippen LogP contribution in [0.4, 0.5) is 8.78 Å². The number of rotatable bonds is 6. The third-order valence-electron chi connectivity index (χ3n) is 5.50. The van der Waals surface area contributed by atoms with Gasteiger partial charge in [-0.25, -0.2) is 8.78 Å². The fourth-order valence-corrected chi connectivity index (χ4v) is 3.64. The molecule has 0 fully saturated rings. The monoisotopic (exact) mass is 434 g/mol. The number of amides is 1. The second kappa shape index (κ2) is 9.30. The molecule has 1 atom stereocenters. The van der Waals surface area contributed by atoms with Crippen LogP contribution >= 0.6 is 0 Å². The van der Waals surface area contributed by atoms with Gasteiger partial charge in [0.15, 0.2) is 6.10 Å². The Labute approximate surface area is 186 Å². The van der Waals surface area contributed by atoms with Crippen molar-refractivity contribution in [3.8, 4) is 0 Å². The molecule has 3 aromatic carbocycles. The third-order valence-corrected chi connectivity index (χ3v) is 5.50. The summed E-state index contributed by atoms with van der Waals surface area (Å²) < 4.78 is 27.7. The highest BCUT2D eigenvalue weighted by molar-refractivity contribution is 6.01. The zero-order valence-corrected chi connectivity index (χ0v) is 18.0. The van der Waals surface area contributed by atoms with Crippen LogP contribution in [-0.2, 0) is 11.4 Å². The van der Waals surface area contributed by atoms with Crippen LogP contribution in [0.1, 0.15) is 39.0 Å². The molecule has 164 valence electrons. The van der Waals surface area contributed by atoms with Crippen LogP contribution in [0.25, 0.3) is 0 Å². The van der Waals surface area contributed by atoms with Crippen LogP contribution in [0.2, 0.25) is 0 Å². The van der Waals surface area contributed by atoms with Gasteiger partial charge in [0.1, 0.15) is 11.6 Å². The van der Waals surface area contributed by atoms with E-state index in [4.69, 9.17) is 4.84 Å². The molecule has 0 aromatic heterocycles. The molecule has 4 rings (SSSR count). The molecule has 0 bridgehead atoms. The number of oxime groups is 1. The van der Waals surface area contributed by atoms with Crippen LogP contribution in [-0.4, -0.2) is 29.2 Å². The Morgan fingerprint density at radius 1 is 1.00 bits per heavy atom. The minimum absolute atomic E-state index is 0.00144. The third kappa shape index (κ3) is 5.02. The molecular formula is C26H24F2N2O2. The van der Waals surface area contributed by atoms with Gasteiger partial charge in [0.25, 0.3) is 5.91 Å². The second-order valence-electron chi connectivity index (χ2n) is 8.12. The van der Waals surface area contributed by atoms with E-state index in [-0.39, 0.29) is 30.7 Å². The summed E-state index contributed by atoms with van der Waals surface area (Å²) in [4.78, 5) is 20.4. The molecule has 1 aliphatic heterocycles. The number of benzene rings is 3. The first-order chi connectivity index (χ1) is 15.4. The smallest absolute Gasteiger partial charge is 0.254 e. The quantitative estimate of drug-likeness (QED) is 0.520. The topological polar surface area (TPSA) is 41.9 Å². The van der Waals surface area contributed by atoms with Gasteiger partial charge in [-0.2, -0.15) is 0 Å². The normalized spacial score (nSPS) is 15.2. The van der Waals surface area contributed by atoms with Crippen molar-refractivity contribution in [2.45, 2.75) is 32.9 Å². The van der Waals surface area contributed by atoms with E-state index >= 15 is 0 Å². The summed E-state index contributed by atoms with van der Waals surface area (Å²) in [7, 11) is 0. The first-order valence-corrected chi connectivity index (χ1v) is 10.5. The van der Waals surface area contributed by atoms with E-state index in [0.29, 0.717) is 12.0 Å². The lowest BCUT2D eigenvalue weighted by Gasteiger charge is -2.25. The van der Waals surface area contributed by atoms with Crippen LogP contribution in [0.3, 0.4) is 0 Å². The first-order valence-electron chi connectivity index (χ1n) is 10.5. The maximum absolute atomic E-state index is 14.3. The molecule has 0 N–H and O–H groups in total. The van der Waals surface area contributed by atoms with Crippen molar-refractivity contribution in [1.29, 1.82) is 0 Å². The van der Waals surface area contributed by atoms with E-state index < -0.39 is 11.6 Å². The van der Waals surface area contributed by atoms with Gasteiger partial charge in [-0.1, -0.05) is 58.7 Å². The van der Waals surface area contributed by atoms with Gasteiger partial charge in [0.05, 0.1) is 12.3 Å². The van der Waals surface area contributed by atoms with Crippen molar-refractivity contribution in [2.24, 2.45) is 5.16 Å². The summed E-state index contributed by atoms with van der Waals surface area (Å²) in [5.41, 5.74) is 4.71.